The van der Waals surface area contributed by atoms with Gasteiger partial charge in [0.1, 0.15) is 5.82 Å². The molecule has 1 aromatic carbocycles. The van der Waals surface area contributed by atoms with Gasteiger partial charge in [0.2, 0.25) is 5.91 Å². The highest BCUT2D eigenvalue weighted by atomic mass is 16.2. The number of hydrogen-bond acceptors (Lipinski definition) is 3. The number of benzene rings is 1. The molecule has 1 aliphatic rings. The van der Waals surface area contributed by atoms with E-state index in [1.165, 1.54) is 0 Å². The van der Waals surface area contributed by atoms with E-state index in [1.54, 1.807) is 0 Å². The van der Waals surface area contributed by atoms with Crippen molar-refractivity contribution in [2.24, 2.45) is 5.73 Å². The lowest BCUT2D eigenvalue weighted by Gasteiger charge is -2.25. The molecule has 22 heavy (non-hydrogen) atoms. The lowest BCUT2D eigenvalue weighted by molar-refractivity contribution is -0.126. The number of carbonyl (C=O) groups excluding carboxylic acids is 1. The Kier molecular flexibility index (Phi) is 3.91. The zero-order chi connectivity index (χ0) is 15.7. The number of carbonyl (C=O) groups is 1. The Morgan fingerprint density at radius 2 is 2.09 bits per heavy atom. The van der Waals surface area contributed by atoms with Gasteiger partial charge in [0, 0.05) is 6.54 Å². The molecule has 1 heterocycles. The van der Waals surface area contributed by atoms with Gasteiger partial charge in [-0.15, -0.1) is 0 Å². The zero-order valence-electron chi connectivity index (χ0n) is 13.3. The minimum absolute atomic E-state index is 0.0489. The Hall–Kier alpha value is -1.88. The van der Waals surface area contributed by atoms with Gasteiger partial charge >= 0.3 is 0 Å². The molecule has 1 atom stereocenters. The maximum atomic E-state index is 12.5. The molecule has 2 aromatic rings. The van der Waals surface area contributed by atoms with Crippen LogP contribution in [0.25, 0.3) is 11.0 Å². The molecule has 1 saturated carbocycles. The highest BCUT2D eigenvalue weighted by Crippen LogP contribution is 2.28. The summed E-state index contributed by atoms with van der Waals surface area (Å²) in [7, 11) is 0. The average molecular weight is 300 g/mol. The van der Waals surface area contributed by atoms with E-state index in [4.69, 9.17) is 10.7 Å². The minimum Gasteiger partial charge on any atom is -0.345 e. The van der Waals surface area contributed by atoms with Gasteiger partial charge in [-0.3, -0.25) is 4.79 Å². The predicted molar refractivity (Wildman–Crippen MR) is 87.4 cm³/mol. The largest absolute Gasteiger partial charge is 0.345 e. The first-order valence-electron chi connectivity index (χ1n) is 8.10. The molecule has 3 N–H and O–H groups in total. The molecule has 3 rings (SSSR count). The van der Waals surface area contributed by atoms with Gasteiger partial charge in [-0.1, -0.05) is 25.0 Å². The zero-order valence-corrected chi connectivity index (χ0v) is 13.3. The van der Waals surface area contributed by atoms with Crippen LogP contribution in [-0.4, -0.2) is 21.0 Å². The van der Waals surface area contributed by atoms with Crippen LogP contribution in [0.15, 0.2) is 24.3 Å². The Morgan fingerprint density at radius 1 is 1.41 bits per heavy atom. The molecule has 1 unspecified atom stereocenters. The van der Waals surface area contributed by atoms with Crippen LogP contribution >= 0.6 is 0 Å². The van der Waals surface area contributed by atoms with Crippen LogP contribution < -0.4 is 11.1 Å². The number of amides is 1. The van der Waals surface area contributed by atoms with E-state index < -0.39 is 5.54 Å². The Bertz CT molecular complexity index is 685. The van der Waals surface area contributed by atoms with Crippen LogP contribution in [0.3, 0.4) is 0 Å². The van der Waals surface area contributed by atoms with Crippen LogP contribution in [0, 0.1) is 0 Å². The maximum Gasteiger partial charge on any atom is 0.240 e. The van der Waals surface area contributed by atoms with Crippen molar-refractivity contribution in [3.05, 3.63) is 30.1 Å². The highest BCUT2D eigenvalue weighted by Gasteiger charge is 2.37. The Balaban J connectivity index is 1.86. The molecular weight excluding hydrogens is 276 g/mol. The van der Waals surface area contributed by atoms with E-state index in [9.17, 15) is 4.79 Å². The van der Waals surface area contributed by atoms with Gasteiger partial charge in [-0.2, -0.15) is 0 Å². The monoisotopic (exact) mass is 300 g/mol. The maximum absolute atomic E-state index is 12.5. The third kappa shape index (κ3) is 2.50. The fourth-order valence-corrected chi connectivity index (χ4v) is 3.39. The number of nitrogens with two attached hydrogens (primary N) is 1. The lowest BCUT2D eigenvalue weighted by Crippen LogP contribution is -2.52. The number of hydrogen-bond donors (Lipinski definition) is 2. The molecule has 118 valence electrons. The Labute approximate surface area is 130 Å². The summed E-state index contributed by atoms with van der Waals surface area (Å²) >= 11 is 0. The van der Waals surface area contributed by atoms with Crippen molar-refractivity contribution in [2.75, 3.05) is 0 Å². The smallest absolute Gasteiger partial charge is 0.240 e. The van der Waals surface area contributed by atoms with Gasteiger partial charge < -0.3 is 15.6 Å². The van der Waals surface area contributed by atoms with E-state index in [0.29, 0.717) is 0 Å². The third-order valence-electron chi connectivity index (χ3n) is 4.68. The normalized spacial score (nSPS) is 18.5. The molecule has 0 radical (unpaired) electrons. The number of nitrogens with zero attached hydrogens (tertiary/aromatic N) is 2. The van der Waals surface area contributed by atoms with Crippen molar-refractivity contribution in [3.8, 4) is 0 Å². The van der Waals surface area contributed by atoms with Gasteiger partial charge in [0.15, 0.2) is 0 Å². The molecule has 0 bridgehead atoms. The summed E-state index contributed by atoms with van der Waals surface area (Å²) in [5, 5.41) is 3.07. The lowest BCUT2D eigenvalue weighted by atomic mass is 9.97. The van der Waals surface area contributed by atoms with Crippen molar-refractivity contribution in [3.63, 3.8) is 0 Å². The van der Waals surface area contributed by atoms with Crippen LogP contribution in [0.5, 0.6) is 0 Å². The number of imidazole rings is 1. The SMILES string of the molecule is CCn1c(C(C)NC(=O)C2(N)CCCC2)nc2ccccc21. The van der Waals surface area contributed by atoms with Crippen molar-refractivity contribution in [2.45, 2.75) is 57.7 Å². The Morgan fingerprint density at radius 3 is 2.77 bits per heavy atom. The third-order valence-corrected chi connectivity index (χ3v) is 4.68. The second kappa shape index (κ2) is 5.72. The second-order valence-electron chi connectivity index (χ2n) is 6.26. The van der Waals surface area contributed by atoms with E-state index in [2.05, 4.69) is 22.9 Å². The predicted octanol–water partition coefficient (Wildman–Crippen LogP) is 2.50. The molecule has 5 nitrogen and oxygen atoms in total. The standard InChI is InChI=1S/C17H24N4O/c1-3-21-14-9-5-4-8-13(14)20-15(21)12(2)19-16(22)17(18)10-6-7-11-17/h4-5,8-9,12H,3,6-7,10-11,18H2,1-2H3,(H,19,22). The number of rotatable bonds is 4. The fraction of sp³-hybridized carbons (Fsp3) is 0.529. The molecule has 1 aromatic heterocycles. The summed E-state index contributed by atoms with van der Waals surface area (Å²) in [5.74, 6) is 0.839. The topological polar surface area (TPSA) is 72.9 Å². The molecule has 0 aliphatic heterocycles. The summed E-state index contributed by atoms with van der Waals surface area (Å²) in [6.07, 6.45) is 3.61. The molecule has 1 aliphatic carbocycles. The highest BCUT2D eigenvalue weighted by molar-refractivity contribution is 5.86. The molecule has 1 amide bonds. The summed E-state index contributed by atoms with van der Waals surface area (Å²) < 4.78 is 2.15. The van der Waals surface area contributed by atoms with Crippen molar-refractivity contribution in [1.82, 2.24) is 14.9 Å². The van der Waals surface area contributed by atoms with Crippen molar-refractivity contribution >= 4 is 16.9 Å². The first kappa shape index (κ1) is 15.0. The molecular formula is C17H24N4O. The summed E-state index contributed by atoms with van der Waals surface area (Å²) in [6.45, 7) is 4.89. The van der Waals surface area contributed by atoms with E-state index in [-0.39, 0.29) is 11.9 Å². The van der Waals surface area contributed by atoms with Crippen LogP contribution in [0.4, 0.5) is 0 Å². The molecule has 5 heteroatoms. The molecule has 0 saturated heterocycles. The summed E-state index contributed by atoms with van der Waals surface area (Å²) in [4.78, 5) is 17.2. The van der Waals surface area contributed by atoms with Crippen LogP contribution in [0.2, 0.25) is 0 Å². The van der Waals surface area contributed by atoms with E-state index in [1.807, 2.05) is 25.1 Å². The van der Waals surface area contributed by atoms with E-state index in [0.717, 1.165) is 49.1 Å². The summed E-state index contributed by atoms with van der Waals surface area (Å²) in [6, 6.07) is 7.90. The average Bonchev–Trinajstić information content (AvgIpc) is 3.11. The van der Waals surface area contributed by atoms with Gasteiger partial charge in [0.05, 0.1) is 22.6 Å². The van der Waals surface area contributed by atoms with Crippen LogP contribution in [-0.2, 0) is 11.3 Å². The van der Waals surface area contributed by atoms with Crippen molar-refractivity contribution in [1.29, 1.82) is 0 Å². The van der Waals surface area contributed by atoms with E-state index >= 15 is 0 Å². The van der Waals surface area contributed by atoms with Gasteiger partial charge in [0.25, 0.3) is 0 Å². The number of fused-ring (bicyclic) bond motifs is 1. The number of aromatic nitrogens is 2. The van der Waals surface area contributed by atoms with Crippen molar-refractivity contribution < 1.29 is 4.79 Å². The van der Waals surface area contributed by atoms with Crippen LogP contribution in [0.1, 0.15) is 51.4 Å². The number of aryl methyl sites for hydroxylation is 1. The number of nitrogens with one attached hydrogen (secondary N) is 1. The molecule has 0 spiro atoms. The first-order chi connectivity index (χ1) is 10.5. The molecule has 1 fully saturated rings. The second-order valence-corrected chi connectivity index (χ2v) is 6.26. The van der Waals surface area contributed by atoms with Gasteiger partial charge in [-0.05, 0) is 38.8 Å². The fourth-order valence-electron chi connectivity index (χ4n) is 3.39. The minimum atomic E-state index is -0.697. The first-order valence-corrected chi connectivity index (χ1v) is 8.10. The quantitative estimate of drug-likeness (QED) is 0.911. The number of para-hydroxylation sites is 2. The summed E-state index contributed by atoms with van der Waals surface area (Å²) in [5.41, 5.74) is 7.60. The van der Waals surface area contributed by atoms with Gasteiger partial charge in [-0.25, -0.2) is 4.98 Å².